The topological polar surface area (TPSA) is 12.0 Å². The quantitative estimate of drug-likeness (QED) is 0.235. The molecule has 1 aliphatic carbocycles. The number of allylic oxidation sites excluding steroid dienone is 3. The van der Waals surface area contributed by atoms with Gasteiger partial charge < -0.3 is 4.98 Å². The van der Waals surface area contributed by atoms with Gasteiger partial charge in [-0.25, -0.2) is 0 Å². The van der Waals surface area contributed by atoms with E-state index in [-0.39, 0.29) is 5.54 Å². The Balaban J connectivity index is 2.30. The van der Waals surface area contributed by atoms with Crippen molar-refractivity contribution in [1.29, 1.82) is 0 Å². The van der Waals surface area contributed by atoms with Gasteiger partial charge in [0, 0.05) is 11.1 Å². The average molecular weight is 384 g/mol. The molecule has 150 valence electrons. The van der Waals surface area contributed by atoms with Crippen molar-refractivity contribution < 1.29 is 0 Å². The van der Waals surface area contributed by atoms with E-state index in [0.29, 0.717) is 5.54 Å². The van der Waals surface area contributed by atoms with Crippen LogP contribution in [0.15, 0.2) is 43.0 Å². The van der Waals surface area contributed by atoms with Crippen LogP contribution >= 0.6 is 0 Å². The molecule has 2 unspecified atom stereocenters. The summed E-state index contributed by atoms with van der Waals surface area (Å²) in [6, 6.07) is 10.5. The number of fused-ring (bicyclic) bond motifs is 1. The minimum absolute atomic E-state index is 0.160. The predicted octanol–water partition coefficient (Wildman–Crippen LogP) is 7.61. The summed E-state index contributed by atoms with van der Waals surface area (Å²) in [5.74, 6) is 0. The van der Waals surface area contributed by atoms with Crippen LogP contribution in [0.1, 0.15) is 89.3 Å². The van der Waals surface area contributed by atoms with Crippen LogP contribution in [-0.2, 0) is 0 Å². The Bertz CT molecular complexity index is 640. The van der Waals surface area contributed by atoms with Crippen LogP contribution in [0.4, 0.5) is 0 Å². The Morgan fingerprint density at radius 1 is 1.11 bits per heavy atom. The number of rotatable bonds is 11. The zero-order valence-electron chi connectivity index (χ0n) is 18.4. The highest BCUT2D eigenvalue weighted by Crippen LogP contribution is 2.44. The van der Waals surface area contributed by atoms with E-state index in [1.54, 1.807) is 11.1 Å². The molecule has 1 aromatic carbocycles. The zero-order chi connectivity index (χ0) is 19.9. The molecule has 2 rings (SSSR count). The number of nitrogens with one attached hydrogen (secondary N) is 1. The van der Waals surface area contributed by atoms with Crippen LogP contribution in [0.3, 0.4) is 0 Å². The van der Waals surface area contributed by atoms with Gasteiger partial charge in [-0.3, -0.25) is 0 Å². The van der Waals surface area contributed by atoms with Crippen molar-refractivity contribution in [2.75, 3.05) is 0 Å². The summed E-state index contributed by atoms with van der Waals surface area (Å²) in [4.78, 5) is 4.15. The monoisotopic (exact) mass is 383 g/mol. The molecule has 0 aliphatic heterocycles. The van der Waals surface area contributed by atoms with E-state index in [2.05, 4.69) is 82.2 Å². The van der Waals surface area contributed by atoms with Gasteiger partial charge in [0.2, 0.25) is 0 Å². The largest absolute Gasteiger partial charge is 0.332 e. The molecule has 0 radical (unpaired) electrons. The van der Waals surface area contributed by atoms with Crippen LogP contribution in [0.25, 0.3) is 5.57 Å². The highest BCUT2D eigenvalue weighted by molar-refractivity contribution is 6.78. The number of unbranched alkanes of at least 4 members (excludes halogenated alkanes) is 4. The first-order chi connectivity index (χ1) is 12.8. The summed E-state index contributed by atoms with van der Waals surface area (Å²) in [7, 11) is -1.70. The summed E-state index contributed by atoms with van der Waals surface area (Å²) in [6.07, 6.45) is 13.6. The van der Waals surface area contributed by atoms with Crippen molar-refractivity contribution in [1.82, 2.24) is 4.98 Å². The summed E-state index contributed by atoms with van der Waals surface area (Å²) < 4.78 is 0. The maximum atomic E-state index is 4.15. The molecule has 1 aromatic rings. The van der Waals surface area contributed by atoms with Crippen LogP contribution in [0, 0.1) is 0 Å². The van der Waals surface area contributed by atoms with E-state index in [9.17, 15) is 0 Å². The van der Waals surface area contributed by atoms with Gasteiger partial charge in [-0.05, 0) is 62.8 Å². The van der Waals surface area contributed by atoms with Crippen LogP contribution in [-0.4, -0.2) is 13.8 Å². The number of benzene rings is 1. The first-order valence-electron chi connectivity index (χ1n) is 11.0. The molecule has 0 bridgehead atoms. The fourth-order valence-electron chi connectivity index (χ4n) is 4.69. The second-order valence-corrected chi connectivity index (χ2v) is 13.7. The Morgan fingerprint density at radius 2 is 1.85 bits per heavy atom. The summed E-state index contributed by atoms with van der Waals surface area (Å²) >= 11 is 0. The van der Waals surface area contributed by atoms with Crippen LogP contribution < -0.4 is 4.98 Å². The van der Waals surface area contributed by atoms with Gasteiger partial charge in [-0.15, -0.1) is 6.58 Å². The highest BCUT2D eigenvalue weighted by atomic mass is 28.3. The van der Waals surface area contributed by atoms with Crippen molar-refractivity contribution >= 4 is 13.8 Å². The molecule has 0 fully saturated rings. The lowest BCUT2D eigenvalue weighted by Crippen LogP contribution is -2.59. The number of hydrogen-bond acceptors (Lipinski definition) is 1. The Morgan fingerprint density at radius 3 is 2.52 bits per heavy atom. The van der Waals surface area contributed by atoms with Crippen molar-refractivity contribution in [3.05, 3.63) is 54.1 Å². The molecule has 0 saturated carbocycles. The number of hydrogen-bond donors (Lipinski definition) is 1. The lowest BCUT2D eigenvalue weighted by molar-refractivity contribution is 0.504. The van der Waals surface area contributed by atoms with Crippen molar-refractivity contribution in [3.8, 4) is 0 Å². The normalized spacial score (nSPS) is 18.7. The molecular weight excluding hydrogens is 342 g/mol. The summed E-state index contributed by atoms with van der Waals surface area (Å²) in [6.45, 7) is 15.8. The van der Waals surface area contributed by atoms with E-state index in [1.807, 2.05) is 0 Å². The lowest BCUT2D eigenvalue weighted by atomic mass is 10.0. The first kappa shape index (κ1) is 22.2. The van der Waals surface area contributed by atoms with Gasteiger partial charge in [0.25, 0.3) is 0 Å². The molecule has 0 saturated heterocycles. The van der Waals surface area contributed by atoms with Crippen molar-refractivity contribution in [2.24, 2.45) is 0 Å². The third-order valence-electron chi connectivity index (χ3n) is 5.76. The van der Waals surface area contributed by atoms with Gasteiger partial charge in [-0.2, -0.15) is 0 Å². The maximum absolute atomic E-state index is 4.15. The maximum Gasteiger partial charge on any atom is 0.134 e. The summed E-state index contributed by atoms with van der Waals surface area (Å²) in [5.41, 5.74) is 5.46. The van der Waals surface area contributed by atoms with Gasteiger partial charge in [-0.1, -0.05) is 75.6 Å². The highest BCUT2D eigenvalue weighted by Gasteiger charge is 2.42. The van der Waals surface area contributed by atoms with Crippen molar-refractivity contribution in [3.63, 3.8) is 0 Å². The molecular formula is C25H41NSi. The van der Waals surface area contributed by atoms with Crippen LogP contribution in [0.5, 0.6) is 0 Å². The minimum Gasteiger partial charge on any atom is -0.332 e. The molecule has 1 N–H and O–H groups in total. The van der Waals surface area contributed by atoms with Crippen molar-refractivity contribution in [2.45, 2.75) is 96.3 Å². The molecule has 1 nitrogen and oxygen atoms in total. The fraction of sp³-hybridized carbons (Fsp3) is 0.600. The second kappa shape index (κ2) is 9.89. The van der Waals surface area contributed by atoms with Gasteiger partial charge in [0.15, 0.2) is 0 Å². The molecule has 0 spiro atoms. The lowest BCUT2D eigenvalue weighted by Gasteiger charge is -2.40. The first-order valence-corrected chi connectivity index (χ1v) is 13.8. The van der Waals surface area contributed by atoms with Gasteiger partial charge in [0.1, 0.15) is 8.24 Å². The third-order valence-corrected chi connectivity index (χ3v) is 10.3. The molecule has 0 heterocycles. The standard InChI is InChI=1S/C25H41NSi/c1-7-9-11-15-19-27(6,26-25(3,4)5)24-20-21(16-12-10-8-2)22-17-13-14-18-23(22)24/h7,13-14,17-18,20,24,26H,1,8-12,15-16,19H2,2-6H3. The zero-order valence-corrected chi connectivity index (χ0v) is 19.4. The van der Waals surface area contributed by atoms with E-state index < -0.39 is 8.24 Å². The SMILES string of the molecule is C=CCCCC[Si](C)(NC(C)(C)C)C1C=C(CCCCC)c2ccccc21. The summed E-state index contributed by atoms with van der Waals surface area (Å²) in [5, 5.41) is 0. The Labute approximate surface area is 169 Å². The molecule has 0 amide bonds. The van der Waals surface area contributed by atoms with E-state index in [4.69, 9.17) is 0 Å². The second-order valence-electron chi connectivity index (χ2n) is 9.54. The van der Waals surface area contributed by atoms with Gasteiger partial charge >= 0.3 is 0 Å². The van der Waals surface area contributed by atoms with E-state index in [0.717, 1.165) is 6.42 Å². The third kappa shape index (κ3) is 6.19. The molecule has 0 aromatic heterocycles. The molecule has 2 atom stereocenters. The fourth-order valence-corrected chi connectivity index (χ4v) is 9.48. The predicted molar refractivity (Wildman–Crippen MR) is 125 cm³/mol. The smallest absolute Gasteiger partial charge is 0.134 e. The molecule has 2 heteroatoms. The molecule has 27 heavy (non-hydrogen) atoms. The van der Waals surface area contributed by atoms with E-state index >= 15 is 0 Å². The van der Waals surface area contributed by atoms with Crippen LogP contribution in [0.2, 0.25) is 12.6 Å². The Kier molecular flexibility index (Phi) is 8.12. The average Bonchev–Trinajstić information content (AvgIpc) is 2.97. The minimum atomic E-state index is -1.70. The molecule has 1 aliphatic rings. The Hall–Kier alpha value is -1.12. The van der Waals surface area contributed by atoms with E-state index in [1.165, 1.54) is 50.1 Å². The van der Waals surface area contributed by atoms with Gasteiger partial charge in [0.05, 0.1) is 0 Å².